The Morgan fingerprint density at radius 2 is 1.92 bits per heavy atom. The van der Waals surface area contributed by atoms with Gasteiger partial charge in [-0.1, -0.05) is 11.3 Å². The normalized spacial score (nSPS) is 21.8. The molecule has 1 aliphatic heterocycles. The van der Waals surface area contributed by atoms with E-state index in [4.69, 9.17) is 0 Å². The molecule has 2 aromatic heterocycles. The minimum atomic E-state index is 0.221. The predicted octanol–water partition coefficient (Wildman–Crippen LogP) is 0.910. The lowest BCUT2D eigenvalue weighted by Gasteiger charge is -2.44. The standard InChI is InChI=1S/C17H29N7OS/c1-12-10-22(11-13(2)23(12)9-8-21(4)5)16(25)7-6-15-20-24-14(3)18-19-17(24)26-15/h12-13H,6-11H2,1-5H3. The molecule has 0 saturated carbocycles. The predicted molar refractivity (Wildman–Crippen MR) is 102 cm³/mol. The summed E-state index contributed by atoms with van der Waals surface area (Å²) in [4.78, 5) is 20.2. The molecule has 3 rings (SSSR count). The van der Waals surface area contributed by atoms with E-state index in [2.05, 4.69) is 53.0 Å². The van der Waals surface area contributed by atoms with E-state index in [1.165, 1.54) is 11.3 Å². The number of piperazine rings is 1. The number of hydrogen-bond acceptors (Lipinski definition) is 7. The second kappa shape index (κ2) is 7.98. The van der Waals surface area contributed by atoms with Gasteiger partial charge in [-0.05, 0) is 34.9 Å². The fourth-order valence-electron chi connectivity index (χ4n) is 3.54. The zero-order chi connectivity index (χ0) is 18.8. The third kappa shape index (κ3) is 4.21. The molecule has 0 spiro atoms. The van der Waals surface area contributed by atoms with Crippen LogP contribution in [0.15, 0.2) is 0 Å². The van der Waals surface area contributed by atoms with Crippen LogP contribution in [0.3, 0.4) is 0 Å². The largest absolute Gasteiger partial charge is 0.340 e. The molecule has 1 amide bonds. The molecule has 3 heterocycles. The van der Waals surface area contributed by atoms with Crippen molar-refractivity contribution in [2.75, 3.05) is 40.3 Å². The molecule has 26 heavy (non-hydrogen) atoms. The SMILES string of the molecule is Cc1nnc2sc(CCC(=O)N3CC(C)N(CCN(C)C)C(C)C3)nn12. The Balaban J connectivity index is 1.53. The number of rotatable bonds is 6. The van der Waals surface area contributed by atoms with Crippen LogP contribution in [-0.2, 0) is 11.2 Å². The number of amides is 1. The Hall–Kier alpha value is -1.58. The zero-order valence-corrected chi connectivity index (χ0v) is 17.2. The van der Waals surface area contributed by atoms with Crippen molar-refractivity contribution < 1.29 is 4.79 Å². The van der Waals surface area contributed by atoms with Gasteiger partial charge in [-0.2, -0.15) is 9.61 Å². The molecule has 1 aliphatic rings. The van der Waals surface area contributed by atoms with Crippen molar-refractivity contribution in [2.45, 2.75) is 45.7 Å². The molecule has 8 nitrogen and oxygen atoms in total. The van der Waals surface area contributed by atoms with E-state index >= 15 is 0 Å². The second-order valence-corrected chi connectivity index (χ2v) is 8.52. The van der Waals surface area contributed by atoms with Gasteiger partial charge in [0.1, 0.15) is 5.01 Å². The minimum Gasteiger partial charge on any atom is -0.340 e. The van der Waals surface area contributed by atoms with E-state index in [0.29, 0.717) is 24.9 Å². The van der Waals surface area contributed by atoms with Crippen molar-refractivity contribution in [2.24, 2.45) is 0 Å². The molecule has 144 valence electrons. The van der Waals surface area contributed by atoms with Gasteiger partial charge in [0, 0.05) is 51.1 Å². The van der Waals surface area contributed by atoms with E-state index in [1.54, 1.807) is 4.52 Å². The fraction of sp³-hybridized carbons (Fsp3) is 0.765. The van der Waals surface area contributed by atoms with Gasteiger partial charge in [0.15, 0.2) is 5.82 Å². The number of nitrogens with zero attached hydrogens (tertiary/aromatic N) is 7. The van der Waals surface area contributed by atoms with Gasteiger partial charge in [0.05, 0.1) is 0 Å². The van der Waals surface area contributed by atoms with Crippen LogP contribution in [0.25, 0.3) is 4.96 Å². The van der Waals surface area contributed by atoms with E-state index in [9.17, 15) is 4.79 Å². The maximum Gasteiger partial charge on any atom is 0.234 e. The maximum absolute atomic E-state index is 12.7. The Labute approximate surface area is 158 Å². The maximum atomic E-state index is 12.7. The lowest BCUT2D eigenvalue weighted by Crippen LogP contribution is -2.59. The average Bonchev–Trinajstić information content (AvgIpc) is 3.13. The summed E-state index contributed by atoms with van der Waals surface area (Å²) in [7, 11) is 4.20. The first kappa shape index (κ1) is 19.2. The second-order valence-electron chi connectivity index (χ2n) is 7.48. The van der Waals surface area contributed by atoms with Crippen molar-refractivity contribution in [3.8, 4) is 0 Å². The van der Waals surface area contributed by atoms with Crippen LogP contribution in [0.2, 0.25) is 0 Å². The van der Waals surface area contributed by atoms with Crippen molar-refractivity contribution >= 4 is 22.2 Å². The summed E-state index contributed by atoms with van der Waals surface area (Å²) in [6, 6.07) is 0.777. The first-order valence-corrected chi connectivity index (χ1v) is 10.0. The van der Waals surface area contributed by atoms with E-state index < -0.39 is 0 Å². The summed E-state index contributed by atoms with van der Waals surface area (Å²) < 4.78 is 1.75. The highest BCUT2D eigenvalue weighted by Gasteiger charge is 2.31. The number of fused-ring (bicyclic) bond motifs is 1. The molecule has 2 aromatic rings. The highest BCUT2D eigenvalue weighted by molar-refractivity contribution is 7.16. The Kier molecular flexibility index (Phi) is 5.89. The zero-order valence-electron chi connectivity index (χ0n) is 16.3. The number of carbonyl (C=O) groups excluding carboxylic acids is 1. The first-order valence-electron chi connectivity index (χ1n) is 9.21. The van der Waals surface area contributed by atoms with Gasteiger partial charge in [-0.15, -0.1) is 10.2 Å². The molecule has 9 heteroatoms. The quantitative estimate of drug-likeness (QED) is 0.743. The first-order chi connectivity index (χ1) is 12.3. The summed E-state index contributed by atoms with van der Waals surface area (Å²) in [5.41, 5.74) is 0. The molecule has 1 saturated heterocycles. The Morgan fingerprint density at radius 3 is 2.54 bits per heavy atom. The van der Waals surface area contributed by atoms with Crippen LogP contribution in [0.1, 0.15) is 31.1 Å². The Morgan fingerprint density at radius 1 is 1.23 bits per heavy atom. The molecule has 2 unspecified atom stereocenters. The Bertz CT molecular complexity index is 743. The molecule has 0 N–H and O–H groups in total. The van der Waals surface area contributed by atoms with Gasteiger partial charge in [-0.3, -0.25) is 9.69 Å². The summed E-state index contributed by atoms with van der Waals surface area (Å²) in [6.45, 7) is 10.0. The molecule has 0 bridgehead atoms. The van der Waals surface area contributed by atoms with Gasteiger partial charge >= 0.3 is 0 Å². The lowest BCUT2D eigenvalue weighted by molar-refractivity contribution is -0.135. The molecular weight excluding hydrogens is 350 g/mol. The lowest BCUT2D eigenvalue weighted by atomic mass is 10.1. The molecule has 0 radical (unpaired) electrons. The van der Waals surface area contributed by atoms with Crippen molar-refractivity contribution in [3.05, 3.63) is 10.8 Å². The van der Waals surface area contributed by atoms with E-state index in [-0.39, 0.29) is 5.91 Å². The van der Waals surface area contributed by atoms with Crippen molar-refractivity contribution in [1.82, 2.24) is 34.5 Å². The molecule has 0 aliphatic carbocycles. The van der Waals surface area contributed by atoms with Gasteiger partial charge in [0.25, 0.3) is 0 Å². The number of aromatic nitrogens is 4. The highest BCUT2D eigenvalue weighted by Crippen LogP contribution is 2.19. The topological polar surface area (TPSA) is 69.9 Å². The van der Waals surface area contributed by atoms with Crippen LogP contribution in [0, 0.1) is 6.92 Å². The third-order valence-corrected chi connectivity index (χ3v) is 5.96. The molecule has 0 aromatic carbocycles. The highest BCUT2D eigenvalue weighted by atomic mass is 32.1. The van der Waals surface area contributed by atoms with Crippen LogP contribution in [0.5, 0.6) is 0 Å². The van der Waals surface area contributed by atoms with Crippen LogP contribution >= 0.6 is 11.3 Å². The third-order valence-electron chi connectivity index (χ3n) is 5.00. The molecule has 2 atom stereocenters. The summed E-state index contributed by atoms with van der Waals surface area (Å²) in [6.07, 6.45) is 1.16. The smallest absolute Gasteiger partial charge is 0.234 e. The van der Waals surface area contributed by atoms with Gasteiger partial charge < -0.3 is 9.80 Å². The molecule has 1 fully saturated rings. The average molecular weight is 380 g/mol. The minimum absolute atomic E-state index is 0.221. The van der Waals surface area contributed by atoms with E-state index in [1.807, 2.05) is 11.8 Å². The van der Waals surface area contributed by atoms with Crippen LogP contribution < -0.4 is 0 Å². The van der Waals surface area contributed by atoms with Crippen LogP contribution in [-0.4, -0.2) is 92.8 Å². The number of likely N-dealkylation sites (N-methyl/N-ethyl adjacent to an activating group) is 1. The van der Waals surface area contributed by atoms with Gasteiger partial charge in [-0.25, -0.2) is 0 Å². The van der Waals surface area contributed by atoms with Crippen LogP contribution in [0.4, 0.5) is 0 Å². The summed E-state index contributed by atoms with van der Waals surface area (Å²) in [5.74, 6) is 1.00. The van der Waals surface area contributed by atoms with Gasteiger partial charge in [0.2, 0.25) is 10.9 Å². The van der Waals surface area contributed by atoms with Crippen molar-refractivity contribution in [3.63, 3.8) is 0 Å². The fourth-order valence-corrected chi connectivity index (χ4v) is 4.42. The monoisotopic (exact) mass is 379 g/mol. The number of aryl methyl sites for hydroxylation is 2. The molecular formula is C17H29N7OS. The number of carbonyl (C=O) groups is 1. The van der Waals surface area contributed by atoms with Crippen molar-refractivity contribution in [1.29, 1.82) is 0 Å². The van der Waals surface area contributed by atoms with E-state index in [0.717, 1.165) is 42.0 Å². The number of hydrogen-bond donors (Lipinski definition) is 0. The summed E-state index contributed by atoms with van der Waals surface area (Å²) >= 11 is 1.51. The summed E-state index contributed by atoms with van der Waals surface area (Å²) in [5, 5.41) is 13.5.